The number of nitrogens with zero attached hydrogens (tertiary/aromatic N) is 1. The number of guanidine groups is 1. The average molecular weight is 309 g/mol. The van der Waals surface area contributed by atoms with Crippen LogP contribution in [0.15, 0.2) is 29.3 Å². The predicted octanol–water partition coefficient (Wildman–Crippen LogP) is 1.77. The minimum absolute atomic E-state index is 0.188. The SMILES string of the molecule is NC(=NCC1CCC1)NCCNC(=O)c1ccccc1Cl. The van der Waals surface area contributed by atoms with Crippen LogP contribution in [0.1, 0.15) is 29.6 Å². The van der Waals surface area contributed by atoms with Gasteiger partial charge in [0.1, 0.15) is 0 Å². The molecule has 1 amide bonds. The maximum Gasteiger partial charge on any atom is 0.252 e. The maximum atomic E-state index is 11.9. The molecule has 6 heteroatoms. The molecule has 1 aromatic rings. The summed E-state index contributed by atoms with van der Waals surface area (Å²) in [7, 11) is 0. The van der Waals surface area contributed by atoms with Gasteiger partial charge in [-0.25, -0.2) is 0 Å². The highest BCUT2D eigenvalue weighted by molar-refractivity contribution is 6.33. The molecule has 1 aliphatic carbocycles. The first kappa shape index (κ1) is 15.6. The van der Waals surface area contributed by atoms with E-state index in [2.05, 4.69) is 15.6 Å². The van der Waals surface area contributed by atoms with Gasteiger partial charge in [-0.2, -0.15) is 0 Å². The van der Waals surface area contributed by atoms with E-state index in [0.29, 0.717) is 35.6 Å². The Morgan fingerprint density at radius 2 is 2.00 bits per heavy atom. The highest BCUT2D eigenvalue weighted by Gasteiger charge is 2.16. The molecule has 1 aromatic carbocycles. The monoisotopic (exact) mass is 308 g/mol. The molecule has 0 aliphatic heterocycles. The number of halogens is 1. The zero-order chi connectivity index (χ0) is 15.1. The minimum atomic E-state index is -0.188. The molecule has 1 fully saturated rings. The number of carbonyl (C=O) groups is 1. The maximum absolute atomic E-state index is 11.9. The number of rotatable bonds is 6. The number of aliphatic imine (C=N–C) groups is 1. The molecule has 5 nitrogen and oxygen atoms in total. The van der Waals surface area contributed by atoms with E-state index in [1.807, 2.05) is 0 Å². The lowest BCUT2D eigenvalue weighted by Gasteiger charge is -2.23. The van der Waals surface area contributed by atoms with E-state index in [1.165, 1.54) is 19.3 Å². The number of carbonyl (C=O) groups excluding carboxylic acids is 1. The number of hydrogen-bond donors (Lipinski definition) is 3. The Morgan fingerprint density at radius 1 is 1.29 bits per heavy atom. The molecule has 0 atom stereocenters. The van der Waals surface area contributed by atoms with Crippen molar-refractivity contribution in [1.29, 1.82) is 0 Å². The Hall–Kier alpha value is -1.75. The van der Waals surface area contributed by atoms with Crippen molar-refractivity contribution in [3.63, 3.8) is 0 Å². The summed E-state index contributed by atoms with van der Waals surface area (Å²) in [6.07, 6.45) is 3.82. The molecule has 0 spiro atoms. The Labute approximate surface area is 130 Å². The smallest absolute Gasteiger partial charge is 0.252 e. The lowest BCUT2D eigenvalue weighted by molar-refractivity contribution is 0.0954. The second-order valence-corrected chi connectivity index (χ2v) is 5.59. The molecular weight excluding hydrogens is 288 g/mol. The summed E-state index contributed by atoms with van der Waals surface area (Å²) in [6, 6.07) is 6.96. The van der Waals surface area contributed by atoms with Gasteiger partial charge in [0.05, 0.1) is 10.6 Å². The van der Waals surface area contributed by atoms with Crippen molar-refractivity contribution < 1.29 is 4.79 Å². The Bertz CT molecular complexity index is 514. The Morgan fingerprint density at radius 3 is 2.67 bits per heavy atom. The third-order valence-electron chi connectivity index (χ3n) is 3.58. The molecule has 0 saturated heterocycles. The van der Waals surface area contributed by atoms with Crippen molar-refractivity contribution in [2.24, 2.45) is 16.6 Å². The van der Waals surface area contributed by atoms with Crippen LogP contribution >= 0.6 is 11.6 Å². The number of nitrogens with two attached hydrogens (primary N) is 1. The topological polar surface area (TPSA) is 79.5 Å². The average Bonchev–Trinajstić information content (AvgIpc) is 2.42. The van der Waals surface area contributed by atoms with Crippen LogP contribution in [-0.4, -0.2) is 31.5 Å². The Kier molecular flexibility index (Phi) is 5.87. The van der Waals surface area contributed by atoms with Gasteiger partial charge in [-0.3, -0.25) is 9.79 Å². The summed E-state index contributed by atoms with van der Waals surface area (Å²) in [5, 5.41) is 6.22. The van der Waals surface area contributed by atoms with Crippen LogP contribution in [0, 0.1) is 5.92 Å². The number of benzene rings is 1. The van der Waals surface area contributed by atoms with Crippen molar-refractivity contribution in [3.05, 3.63) is 34.9 Å². The molecule has 1 saturated carbocycles. The highest BCUT2D eigenvalue weighted by atomic mass is 35.5. The van der Waals surface area contributed by atoms with Gasteiger partial charge >= 0.3 is 0 Å². The molecule has 114 valence electrons. The summed E-state index contributed by atoms with van der Waals surface area (Å²) in [5.41, 5.74) is 6.24. The minimum Gasteiger partial charge on any atom is -0.370 e. The molecule has 0 heterocycles. The third kappa shape index (κ3) is 4.93. The zero-order valence-corrected chi connectivity index (χ0v) is 12.7. The number of amides is 1. The van der Waals surface area contributed by atoms with Crippen LogP contribution in [0.2, 0.25) is 5.02 Å². The first-order chi connectivity index (χ1) is 10.2. The molecule has 1 aliphatic rings. The van der Waals surface area contributed by atoms with E-state index < -0.39 is 0 Å². The molecule has 0 unspecified atom stereocenters. The van der Waals surface area contributed by atoms with Gasteiger partial charge in [-0.15, -0.1) is 0 Å². The lowest BCUT2D eigenvalue weighted by Crippen LogP contribution is -2.38. The summed E-state index contributed by atoms with van der Waals surface area (Å²) in [6.45, 7) is 1.80. The van der Waals surface area contributed by atoms with Crippen molar-refractivity contribution in [1.82, 2.24) is 10.6 Å². The quantitative estimate of drug-likeness (QED) is 0.426. The second-order valence-electron chi connectivity index (χ2n) is 5.19. The van der Waals surface area contributed by atoms with Crippen LogP contribution in [0.3, 0.4) is 0 Å². The standard InChI is InChI=1S/C15H21ClN4O/c16-13-7-2-1-6-12(13)14(21)18-8-9-19-15(17)20-10-11-4-3-5-11/h1-2,6-7,11H,3-5,8-10H2,(H,18,21)(H3,17,19,20). The molecule has 4 N–H and O–H groups in total. The van der Waals surface area contributed by atoms with Crippen LogP contribution in [0.25, 0.3) is 0 Å². The molecule has 21 heavy (non-hydrogen) atoms. The van der Waals surface area contributed by atoms with Crippen molar-refractivity contribution in [3.8, 4) is 0 Å². The fourth-order valence-corrected chi connectivity index (χ4v) is 2.29. The van der Waals surface area contributed by atoms with Crippen LogP contribution < -0.4 is 16.4 Å². The van der Waals surface area contributed by atoms with Gasteiger partial charge in [0.15, 0.2) is 5.96 Å². The van der Waals surface area contributed by atoms with Gasteiger partial charge < -0.3 is 16.4 Å². The number of hydrogen-bond acceptors (Lipinski definition) is 2. The van der Waals surface area contributed by atoms with Crippen LogP contribution in [0.4, 0.5) is 0 Å². The predicted molar refractivity (Wildman–Crippen MR) is 85.6 cm³/mol. The van der Waals surface area contributed by atoms with Gasteiger partial charge in [-0.05, 0) is 30.9 Å². The van der Waals surface area contributed by atoms with Crippen molar-refractivity contribution in [2.45, 2.75) is 19.3 Å². The van der Waals surface area contributed by atoms with Crippen LogP contribution in [0.5, 0.6) is 0 Å². The van der Waals surface area contributed by atoms with Gasteiger partial charge in [0, 0.05) is 19.6 Å². The highest BCUT2D eigenvalue weighted by Crippen LogP contribution is 2.26. The fourth-order valence-electron chi connectivity index (χ4n) is 2.07. The molecule has 0 radical (unpaired) electrons. The molecule has 0 aromatic heterocycles. The summed E-state index contributed by atoms with van der Waals surface area (Å²) < 4.78 is 0. The number of nitrogens with one attached hydrogen (secondary N) is 2. The second kappa shape index (κ2) is 7.88. The van der Waals surface area contributed by atoms with E-state index in [4.69, 9.17) is 17.3 Å². The lowest BCUT2D eigenvalue weighted by atomic mass is 9.86. The first-order valence-electron chi connectivity index (χ1n) is 7.23. The largest absolute Gasteiger partial charge is 0.370 e. The van der Waals surface area contributed by atoms with E-state index in [1.54, 1.807) is 24.3 Å². The molecule has 0 bridgehead atoms. The zero-order valence-electron chi connectivity index (χ0n) is 11.9. The van der Waals surface area contributed by atoms with E-state index in [-0.39, 0.29) is 5.91 Å². The van der Waals surface area contributed by atoms with E-state index in [0.717, 1.165) is 6.54 Å². The fraction of sp³-hybridized carbons (Fsp3) is 0.467. The van der Waals surface area contributed by atoms with Crippen molar-refractivity contribution >= 4 is 23.5 Å². The van der Waals surface area contributed by atoms with Gasteiger partial charge in [-0.1, -0.05) is 30.2 Å². The third-order valence-corrected chi connectivity index (χ3v) is 3.91. The Balaban J connectivity index is 1.65. The van der Waals surface area contributed by atoms with Gasteiger partial charge in [0.2, 0.25) is 0 Å². The molecular formula is C15H21ClN4O. The normalized spacial score (nSPS) is 15.4. The summed E-state index contributed by atoms with van der Waals surface area (Å²) in [4.78, 5) is 16.2. The van der Waals surface area contributed by atoms with Gasteiger partial charge in [0.25, 0.3) is 5.91 Å². The summed E-state index contributed by atoms with van der Waals surface area (Å²) >= 11 is 5.96. The van der Waals surface area contributed by atoms with E-state index >= 15 is 0 Å². The van der Waals surface area contributed by atoms with Crippen LogP contribution in [-0.2, 0) is 0 Å². The van der Waals surface area contributed by atoms with Crippen molar-refractivity contribution in [2.75, 3.05) is 19.6 Å². The first-order valence-corrected chi connectivity index (χ1v) is 7.61. The van der Waals surface area contributed by atoms with E-state index in [9.17, 15) is 4.79 Å². The summed E-state index contributed by atoms with van der Waals surface area (Å²) in [5.74, 6) is 0.951. The molecule has 2 rings (SSSR count).